The van der Waals surface area contributed by atoms with Crippen LogP contribution in [0.1, 0.15) is 50.0 Å². The zero-order chi connectivity index (χ0) is 14.8. The predicted octanol–water partition coefficient (Wildman–Crippen LogP) is 3.78. The third-order valence-electron chi connectivity index (χ3n) is 4.67. The SMILES string of the molecule is O=C(O)CC(c1cc(F)ccc1N1CCCCC1)C1CC1. The molecule has 1 aliphatic carbocycles. The Morgan fingerprint density at radius 3 is 2.62 bits per heavy atom. The van der Waals surface area contributed by atoms with Crippen LogP contribution in [0.4, 0.5) is 10.1 Å². The van der Waals surface area contributed by atoms with Crippen LogP contribution < -0.4 is 4.90 Å². The Kier molecular flexibility index (Phi) is 4.13. The summed E-state index contributed by atoms with van der Waals surface area (Å²) in [7, 11) is 0. The number of nitrogens with zero attached hydrogens (tertiary/aromatic N) is 1. The first-order valence-corrected chi connectivity index (χ1v) is 7.91. The molecule has 0 spiro atoms. The topological polar surface area (TPSA) is 40.5 Å². The summed E-state index contributed by atoms with van der Waals surface area (Å²) in [5, 5.41) is 9.19. The molecule has 1 heterocycles. The quantitative estimate of drug-likeness (QED) is 0.897. The summed E-state index contributed by atoms with van der Waals surface area (Å²) in [5.74, 6) is -0.691. The number of hydrogen-bond donors (Lipinski definition) is 1. The van der Waals surface area contributed by atoms with Crippen molar-refractivity contribution in [3.8, 4) is 0 Å². The molecule has 1 unspecified atom stereocenters. The van der Waals surface area contributed by atoms with E-state index in [4.69, 9.17) is 0 Å². The number of benzene rings is 1. The highest BCUT2D eigenvalue weighted by atomic mass is 19.1. The highest BCUT2D eigenvalue weighted by Crippen LogP contribution is 2.47. The van der Waals surface area contributed by atoms with Crippen LogP contribution in [-0.4, -0.2) is 24.2 Å². The van der Waals surface area contributed by atoms with Gasteiger partial charge in [-0.15, -0.1) is 0 Å². The third kappa shape index (κ3) is 3.36. The molecule has 0 radical (unpaired) electrons. The molecule has 3 rings (SSSR count). The average molecular weight is 291 g/mol. The molecule has 2 aliphatic rings. The normalized spacial score (nSPS) is 20.3. The molecule has 0 aromatic heterocycles. The van der Waals surface area contributed by atoms with E-state index in [9.17, 15) is 14.3 Å². The highest BCUT2D eigenvalue weighted by Gasteiger charge is 2.36. The molecule has 3 nitrogen and oxygen atoms in total. The lowest BCUT2D eigenvalue weighted by atomic mass is 9.89. The Hall–Kier alpha value is -1.58. The number of aliphatic carboxylic acids is 1. The second-order valence-corrected chi connectivity index (χ2v) is 6.29. The molecule has 1 aromatic rings. The molecular formula is C17H22FNO2. The predicted molar refractivity (Wildman–Crippen MR) is 80.2 cm³/mol. The maximum absolute atomic E-state index is 13.7. The van der Waals surface area contributed by atoms with E-state index in [1.54, 1.807) is 6.07 Å². The molecule has 1 saturated heterocycles. The van der Waals surface area contributed by atoms with Crippen molar-refractivity contribution in [1.82, 2.24) is 0 Å². The molecule has 0 bridgehead atoms. The Balaban J connectivity index is 1.93. The summed E-state index contributed by atoms with van der Waals surface area (Å²) in [6, 6.07) is 4.90. The maximum Gasteiger partial charge on any atom is 0.303 e. The summed E-state index contributed by atoms with van der Waals surface area (Å²) in [5.41, 5.74) is 1.95. The van der Waals surface area contributed by atoms with Crippen molar-refractivity contribution >= 4 is 11.7 Å². The minimum absolute atomic E-state index is 0.0462. The Bertz CT molecular complexity index is 522. The van der Waals surface area contributed by atoms with Gasteiger partial charge >= 0.3 is 5.97 Å². The van der Waals surface area contributed by atoms with Crippen LogP contribution in [0.25, 0.3) is 0 Å². The van der Waals surface area contributed by atoms with E-state index >= 15 is 0 Å². The monoisotopic (exact) mass is 291 g/mol. The number of anilines is 1. The lowest BCUT2D eigenvalue weighted by molar-refractivity contribution is -0.137. The molecule has 1 aromatic carbocycles. The van der Waals surface area contributed by atoms with E-state index in [1.165, 1.54) is 12.5 Å². The van der Waals surface area contributed by atoms with Gasteiger partial charge in [0.05, 0.1) is 6.42 Å². The minimum atomic E-state index is -0.791. The first kappa shape index (κ1) is 14.4. The zero-order valence-corrected chi connectivity index (χ0v) is 12.2. The van der Waals surface area contributed by atoms with Gasteiger partial charge < -0.3 is 10.0 Å². The number of carboxylic acid groups (broad SMARTS) is 1. The maximum atomic E-state index is 13.7. The van der Waals surface area contributed by atoms with Crippen LogP contribution in [0, 0.1) is 11.7 Å². The Labute approximate surface area is 124 Å². The molecule has 1 atom stereocenters. The molecular weight excluding hydrogens is 269 g/mol. The van der Waals surface area contributed by atoms with E-state index in [0.29, 0.717) is 5.92 Å². The Morgan fingerprint density at radius 1 is 1.29 bits per heavy atom. The van der Waals surface area contributed by atoms with Crippen molar-refractivity contribution < 1.29 is 14.3 Å². The fourth-order valence-corrected chi connectivity index (χ4v) is 3.46. The van der Waals surface area contributed by atoms with Crippen molar-refractivity contribution in [2.45, 2.75) is 44.4 Å². The van der Waals surface area contributed by atoms with Gasteiger partial charge in [0.15, 0.2) is 0 Å². The Morgan fingerprint density at radius 2 is 2.00 bits per heavy atom. The summed E-state index contributed by atoms with van der Waals surface area (Å²) >= 11 is 0. The van der Waals surface area contributed by atoms with Gasteiger partial charge in [-0.2, -0.15) is 0 Å². The van der Waals surface area contributed by atoms with Crippen LogP contribution in [0.5, 0.6) is 0 Å². The summed E-state index contributed by atoms with van der Waals surface area (Å²) in [6.07, 6.45) is 5.79. The minimum Gasteiger partial charge on any atom is -0.481 e. The van der Waals surface area contributed by atoms with Crippen LogP contribution in [0.2, 0.25) is 0 Å². The van der Waals surface area contributed by atoms with Gasteiger partial charge in [-0.25, -0.2) is 4.39 Å². The number of piperidine rings is 1. The van der Waals surface area contributed by atoms with Crippen molar-refractivity contribution in [3.63, 3.8) is 0 Å². The highest BCUT2D eigenvalue weighted by molar-refractivity contribution is 5.69. The molecule has 114 valence electrons. The fraction of sp³-hybridized carbons (Fsp3) is 0.588. The van der Waals surface area contributed by atoms with E-state index in [0.717, 1.165) is 50.0 Å². The van der Waals surface area contributed by atoms with Gasteiger partial charge in [-0.05, 0) is 67.7 Å². The first-order chi connectivity index (χ1) is 10.1. The molecule has 0 amide bonds. The van der Waals surface area contributed by atoms with Crippen molar-refractivity contribution in [2.75, 3.05) is 18.0 Å². The number of carbonyl (C=O) groups is 1. The second kappa shape index (κ2) is 6.04. The second-order valence-electron chi connectivity index (χ2n) is 6.29. The van der Waals surface area contributed by atoms with Crippen LogP contribution in [0.3, 0.4) is 0 Å². The molecule has 21 heavy (non-hydrogen) atoms. The molecule has 1 N–H and O–H groups in total. The van der Waals surface area contributed by atoms with Crippen molar-refractivity contribution in [2.24, 2.45) is 5.92 Å². The van der Waals surface area contributed by atoms with E-state index in [2.05, 4.69) is 4.90 Å². The van der Waals surface area contributed by atoms with Gasteiger partial charge in [-0.1, -0.05) is 0 Å². The van der Waals surface area contributed by atoms with Gasteiger partial charge in [0, 0.05) is 18.8 Å². The lowest BCUT2D eigenvalue weighted by Crippen LogP contribution is -2.31. The van der Waals surface area contributed by atoms with Gasteiger partial charge in [-0.3, -0.25) is 4.79 Å². The van der Waals surface area contributed by atoms with Crippen molar-refractivity contribution in [3.05, 3.63) is 29.6 Å². The lowest BCUT2D eigenvalue weighted by Gasteiger charge is -2.32. The van der Waals surface area contributed by atoms with E-state index < -0.39 is 5.97 Å². The number of rotatable bonds is 5. The van der Waals surface area contributed by atoms with Gasteiger partial charge in [0.25, 0.3) is 0 Å². The smallest absolute Gasteiger partial charge is 0.303 e. The summed E-state index contributed by atoms with van der Waals surface area (Å²) in [6.45, 7) is 1.98. The van der Waals surface area contributed by atoms with Crippen LogP contribution in [0.15, 0.2) is 18.2 Å². The van der Waals surface area contributed by atoms with Gasteiger partial charge in [0.1, 0.15) is 5.82 Å². The summed E-state index contributed by atoms with van der Waals surface area (Å²) in [4.78, 5) is 13.5. The van der Waals surface area contributed by atoms with Crippen LogP contribution in [-0.2, 0) is 4.79 Å². The molecule has 4 heteroatoms. The number of halogens is 1. The first-order valence-electron chi connectivity index (χ1n) is 7.91. The van der Waals surface area contributed by atoms with Crippen molar-refractivity contribution in [1.29, 1.82) is 0 Å². The number of hydrogen-bond acceptors (Lipinski definition) is 2. The fourth-order valence-electron chi connectivity index (χ4n) is 3.46. The van der Waals surface area contributed by atoms with E-state index in [1.807, 2.05) is 6.07 Å². The largest absolute Gasteiger partial charge is 0.481 e. The van der Waals surface area contributed by atoms with E-state index in [-0.39, 0.29) is 18.2 Å². The number of carboxylic acids is 1. The molecule has 1 aliphatic heterocycles. The van der Waals surface area contributed by atoms with Gasteiger partial charge in [0.2, 0.25) is 0 Å². The average Bonchev–Trinajstić information content (AvgIpc) is 3.30. The standard InChI is InChI=1S/C17H22FNO2/c18-13-6-7-16(19-8-2-1-3-9-19)15(10-13)14(11-17(20)21)12-4-5-12/h6-7,10,12,14H,1-5,8-9,11H2,(H,20,21). The van der Waals surface area contributed by atoms with Crippen LogP contribution >= 0.6 is 0 Å². The zero-order valence-electron chi connectivity index (χ0n) is 12.2. The molecule has 1 saturated carbocycles. The molecule has 2 fully saturated rings. The summed E-state index contributed by atoms with van der Waals surface area (Å²) < 4.78 is 13.7. The third-order valence-corrected chi connectivity index (χ3v) is 4.67.